The molecule has 0 aromatic carbocycles. The molecular weight excluding hydrogens is 220 g/mol. The molecule has 0 saturated heterocycles. The highest BCUT2D eigenvalue weighted by atomic mass is 32.1. The van der Waals surface area contributed by atoms with Gasteiger partial charge >= 0.3 is 0 Å². The van der Waals surface area contributed by atoms with E-state index in [4.69, 9.17) is 0 Å². The zero-order chi connectivity index (χ0) is 11.7. The molecule has 1 heterocycles. The van der Waals surface area contributed by atoms with E-state index < -0.39 is 0 Å². The third-order valence-corrected chi connectivity index (χ3v) is 3.71. The second-order valence-electron chi connectivity index (χ2n) is 4.94. The van der Waals surface area contributed by atoms with Gasteiger partial charge in [0.2, 0.25) is 5.91 Å². The van der Waals surface area contributed by atoms with Crippen LogP contribution in [0.25, 0.3) is 0 Å². The Bertz CT molecular complexity index is 394. The van der Waals surface area contributed by atoms with Crippen molar-refractivity contribution in [3.63, 3.8) is 0 Å². The fourth-order valence-corrected chi connectivity index (χ4v) is 2.44. The molecule has 0 spiro atoms. The van der Waals surface area contributed by atoms with Gasteiger partial charge in [0.05, 0.1) is 5.69 Å². The number of carbonyl (C=O) groups is 1. The molecule has 1 N–H and O–H groups in total. The molecule has 1 amide bonds. The Morgan fingerprint density at radius 2 is 2.25 bits per heavy atom. The van der Waals surface area contributed by atoms with Crippen molar-refractivity contribution < 1.29 is 4.79 Å². The first kappa shape index (κ1) is 11.6. The summed E-state index contributed by atoms with van der Waals surface area (Å²) >= 11 is 1.41. The van der Waals surface area contributed by atoms with Gasteiger partial charge in [0, 0.05) is 11.5 Å². The molecule has 1 saturated carbocycles. The lowest BCUT2D eigenvalue weighted by atomic mass is 10.1. The molecule has 4 heteroatoms. The minimum absolute atomic E-state index is 0.169. The lowest BCUT2D eigenvalue weighted by Crippen LogP contribution is -2.13. The first-order valence-corrected chi connectivity index (χ1v) is 6.61. The molecule has 16 heavy (non-hydrogen) atoms. The van der Waals surface area contributed by atoms with Crippen molar-refractivity contribution in [2.45, 2.75) is 40.0 Å². The summed E-state index contributed by atoms with van der Waals surface area (Å²) in [4.78, 5) is 11.6. The molecule has 1 aliphatic carbocycles. The monoisotopic (exact) mass is 238 g/mol. The van der Waals surface area contributed by atoms with Gasteiger partial charge in [-0.1, -0.05) is 13.8 Å². The highest BCUT2D eigenvalue weighted by Crippen LogP contribution is 2.32. The van der Waals surface area contributed by atoms with Crippen LogP contribution in [0.1, 0.15) is 37.9 Å². The van der Waals surface area contributed by atoms with Crippen molar-refractivity contribution >= 4 is 22.4 Å². The average molecular weight is 238 g/mol. The summed E-state index contributed by atoms with van der Waals surface area (Å²) in [5, 5.41) is 3.92. The van der Waals surface area contributed by atoms with Crippen LogP contribution >= 0.6 is 11.5 Å². The summed E-state index contributed by atoms with van der Waals surface area (Å²) in [5.74, 6) is 1.03. The van der Waals surface area contributed by atoms with E-state index in [-0.39, 0.29) is 11.8 Å². The van der Waals surface area contributed by atoms with Gasteiger partial charge in [0.25, 0.3) is 0 Å². The second kappa shape index (κ2) is 4.53. The van der Waals surface area contributed by atoms with E-state index in [9.17, 15) is 4.79 Å². The van der Waals surface area contributed by atoms with Gasteiger partial charge < -0.3 is 5.32 Å². The molecule has 3 nitrogen and oxygen atoms in total. The lowest BCUT2D eigenvalue weighted by Gasteiger charge is -2.04. The summed E-state index contributed by atoms with van der Waals surface area (Å²) in [6, 6.07) is 0. The van der Waals surface area contributed by atoms with Crippen molar-refractivity contribution in [2.75, 3.05) is 5.32 Å². The second-order valence-corrected chi connectivity index (χ2v) is 5.72. The molecule has 0 unspecified atom stereocenters. The third-order valence-electron chi connectivity index (χ3n) is 2.81. The Morgan fingerprint density at radius 1 is 1.56 bits per heavy atom. The van der Waals surface area contributed by atoms with Gasteiger partial charge in [-0.2, -0.15) is 4.37 Å². The number of aromatic nitrogens is 1. The van der Waals surface area contributed by atoms with E-state index in [0.717, 1.165) is 35.5 Å². The Hall–Kier alpha value is -0.900. The van der Waals surface area contributed by atoms with Gasteiger partial charge in [-0.3, -0.25) is 4.79 Å². The van der Waals surface area contributed by atoms with E-state index >= 15 is 0 Å². The number of nitrogens with zero attached hydrogens (tertiary/aromatic N) is 1. The average Bonchev–Trinajstić information content (AvgIpc) is 2.99. The highest BCUT2D eigenvalue weighted by molar-refractivity contribution is 7.10. The zero-order valence-electron chi connectivity index (χ0n) is 10.0. The number of nitrogens with one attached hydrogen (secondary N) is 1. The van der Waals surface area contributed by atoms with E-state index in [1.54, 1.807) is 0 Å². The quantitative estimate of drug-likeness (QED) is 0.876. The standard InChI is InChI=1S/C12H18N2OS/c1-7(2)6-10-8(3)12(16-14-10)13-11(15)9-4-5-9/h7,9H,4-6H2,1-3H3,(H,13,15). The molecule has 2 rings (SSSR count). The number of hydrogen-bond donors (Lipinski definition) is 1. The smallest absolute Gasteiger partial charge is 0.228 e. The van der Waals surface area contributed by atoms with E-state index in [2.05, 4.69) is 23.5 Å². The van der Waals surface area contributed by atoms with Crippen LogP contribution in [0.2, 0.25) is 0 Å². The van der Waals surface area contributed by atoms with Gasteiger partial charge in [0.15, 0.2) is 0 Å². The number of rotatable bonds is 4. The first-order valence-electron chi connectivity index (χ1n) is 5.84. The van der Waals surface area contributed by atoms with Crippen LogP contribution in [0, 0.1) is 18.8 Å². The van der Waals surface area contributed by atoms with Gasteiger partial charge in [0.1, 0.15) is 5.00 Å². The van der Waals surface area contributed by atoms with Crippen LogP contribution in [0.15, 0.2) is 0 Å². The van der Waals surface area contributed by atoms with Crippen molar-refractivity contribution in [1.82, 2.24) is 4.37 Å². The first-order chi connectivity index (χ1) is 7.58. The molecule has 0 bridgehead atoms. The SMILES string of the molecule is Cc1c(CC(C)C)nsc1NC(=O)C1CC1. The molecule has 1 aromatic rings. The van der Waals surface area contributed by atoms with Gasteiger partial charge in [-0.25, -0.2) is 0 Å². The molecule has 1 aliphatic rings. The van der Waals surface area contributed by atoms with Crippen LogP contribution in [0.4, 0.5) is 5.00 Å². The predicted octanol–water partition coefficient (Wildman–Crippen LogP) is 3.00. The maximum Gasteiger partial charge on any atom is 0.228 e. The zero-order valence-corrected chi connectivity index (χ0v) is 10.9. The van der Waals surface area contributed by atoms with Crippen molar-refractivity contribution in [3.8, 4) is 0 Å². The maximum atomic E-state index is 11.6. The molecule has 1 fully saturated rings. The van der Waals surface area contributed by atoms with Gasteiger partial charge in [-0.05, 0) is 43.6 Å². The third kappa shape index (κ3) is 2.61. The molecule has 1 aromatic heterocycles. The number of carbonyl (C=O) groups excluding carboxylic acids is 1. The number of anilines is 1. The van der Waals surface area contributed by atoms with Crippen LogP contribution in [0.5, 0.6) is 0 Å². The number of hydrogen-bond acceptors (Lipinski definition) is 3. The maximum absolute atomic E-state index is 11.6. The largest absolute Gasteiger partial charge is 0.316 e. The Balaban J connectivity index is 2.04. The van der Waals surface area contributed by atoms with Crippen LogP contribution in [-0.4, -0.2) is 10.3 Å². The van der Waals surface area contributed by atoms with Crippen LogP contribution < -0.4 is 5.32 Å². The van der Waals surface area contributed by atoms with Crippen molar-refractivity contribution in [1.29, 1.82) is 0 Å². The fraction of sp³-hybridized carbons (Fsp3) is 0.667. The highest BCUT2D eigenvalue weighted by Gasteiger charge is 2.30. The lowest BCUT2D eigenvalue weighted by molar-refractivity contribution is -0.117. The van der Waals surface area contributed by atoms with Gasteiger partial charge in [-0.15, -0.1) is 0 Å². The number of amides is 1. The van der Waals surface area contributed by atoms with E-state index in [1.807, 2.05) is 6.92 Å². The summed E-state index contributed by atoms with van der Waals surface area (Å²) in [6.45, 7) is 6.41. The topological polar surface area (TPSA) is 42.0 Å². The van der Waals surface area contributed by atoms with E-state index in [0.29, 0.717) is 5.92 Å². The van der Waals surface area contributed by atoms with Crippen LogP contribution in [0.3, 0.4) is 0 Å². The van der Waals surface area contributed by atoms with Crippen LogP contribution in [-0.2, 0) is 11.2 Å². The normalized spacial score (nSPS) is 15.5. The van der Waals surface area contributed by atoms with Crippen molar-refractivity contribution in [3.05, 3.63) is 11.3 Å². The summed E-state index contributed by atoms with van der Waals surface area (Å²) in [6.07, 6.45) is 3.08. The minimum atomic E-state index is 0.169. The molecule has 0 atom stereocenters. The summed E-state index contributed by atoms with van der Waals surface area (Å²) < 4.78 is 4.42. The molecule has 0 radical (unpaired) electrons. The Labute approximate surface area is 100 Å². The van der Waals surface area contributed by atoms with Crippen molar-refractivity contribution in [2.24, 2.45) is 11.8 Å². The molecule has 0 aliphatic heterocycles. The Morgan fingerprint density at radius 3 is 2.81 bits per heavy atom. The van der Waals surface area contributed by atoms with E-state index in [1.165, 1.54) is 11.5 Å². The Kier molecular flexibility index (Phi) is 3.28. The predicted molar refractivity (Wildman–Crippen MR) is 66.7 cm³/mol. The summed E-state index contributed by atoms with van der Waals surface area (Å²) in [5.41, 5.74) is 2.28. The fourth-order valence-electron chi connectivity index (χ4n) is 1.62. The molecule has 88 valence electrons. The summed E-state index contributed by atoms with van der Waals surface area (Å²) in [7, 11) is 0. The molecular formula is C12H18N2OS. The minimum Gasteiger partial charge on any atom is -0.316 e.